The van der Waals surface area contributed by atoms with Gasteiger partial charge in [0.2, 0.25) is 11.8 Å². The Morgan fingerprint density at radius 2 is 1.94 bits per heavy atom. The first-order valence-corrected chi connectivity index (χ1v) is 9.45. The van der Waals surface area contributed by atoms with Crippen LogP contribution in [0.5, 0.6) is 5.75 Å². The van der Waals surface area contributed by atoms with Gasteiger partial charge in [-0.25, -0.2) is 4.39 Å². The van der Waals surface area contributed by atoms with Crippen LogP contribution in [0.1, 0.15) is 65.8 Å². The predicted octanol–water partition coefficient (Wildman–Crippen LogP) is 2.00. The number of amides is 3. The molecule has 9 heteroatoms. The van der Waals surface area contributed by atoms with Gasteiger partial charge in [-0.1, -0.05) is 24.3 Å². The number of benzene rings is 2. The van der Waals surface area contributed by atoms with Gasteiger partial charge in [0.05, 0.1) is 32.0 Å². The largest absolute Gasteiger partial charge is 0.488 e. The van der Waals surface area contributed by atoms with Crippen molar-refractivity contribution in [2.45, 2.75) is 38.3 Å². The van der Waals surface area contributed by atoms with E-state index in [1.807, 2.05) is 0 Å². The Balaban J connectivity index is 1.60. The molecule has 178 valence electrons. The molecule has 8 nitrogen and oxygen atoms in total. The number of piperidine rings is 1. The average Bonchev–Trinajstić information content (AvgIpc) is 3.19. The third-order valence-electron chi connectivity index (χ3n) is 4.56. The van der Waals surface area contributed by atoms with Gasteiger partial charge in [-0.3, -0.25) is 24.6 Å². The van der Waals surface area contributed by atoms with Crippen molar-refractivity contribution >= 4 is 17.7 Å². The van der Waals surface area contributed by atoms with Crippen molar-refractivity contribution in [3.05, 3.63) is 64.5 Å². The van der Waals surface area contributed by atoms with Gasteiger partial charge in [0.25, 0.3) is 5.91 Å². The van der Waals surface area contributed by atoms with Gasteiger partial charge in [-0.2, -0.15) is 0 Å². The Morgan fingerprint density at radius 1 is 1.18 bits per heavy atom. The number of fused-ring (bicyclic) bond motifs is 1. The lowest BCUT2D eigenvalue weighted by Crippen LogP contribution is -2.52. The second-order valence-corrected chi connectivity index (χ2v) is 6.66. The summed E-state index contributed by atoms with van der Waals surface area (Å²) in [6, 6.07) is 0.947. The molecule has 0 radical (unpaired) electrons. The van der Waals surface area contributed by atoms with Gasteiger partial charge in [0, 0.05) is 61.8 Å². The van der Waals surface area contributed by atoms with Crippen LogP contribution in [0, 0.1) is 5.82 Å². The summed E-state index contributed by atoms with van der Waals surface area (Å²) < 4.78 is 183. The van der Waals surface area contributed by atoms with Crippen molar-refractivity contribution in [3.8, 4) is 5.75 Å². The van der Waals surface area contributed by atoms with Gasteiger partial charge in [-0.05, 0) is 18.5 Å². The fraction of sp³-hybridized carbons (Fsp3) is 0.400. The minimum absolute atomic E-state index is 0.302. The molecule has 2 fully saturated rings. The van der Waals surface area contributed by atoms with Gasteiger partial charge >= 0.3 is 0 Å². The van der Waals surface area contributed by atoms with E-state index in [1.54, 1.807) is 0 Å². The van der Waals surface area contributed by atoms with E-state index < -0.39 is 121 Å². The van der Waals surface area contributed by atoms with E-state index in [-0.39, 0.29) is 4.90 Å². The van der Waals surface area contributed by atoms with E-state index in [2.05, 4.69) is 4.74 Å². The molecule has 2 aromatic carbocycles. The van der Waals surface area contributed by atoms with Crippen molar-refractivity contribution in [3.63, 3.8) is 0 Å². The van der Waals surface area contributed by atoms with Crippen molar-refractivity contribution in [1.29, 1.82) is 0 Å². The molecule has 2 saturated heterocycles. The summed E-state index contributed by atoms with van der Waals surface area (Å²) in [5.74, 6) is -8.19. The number of carbonyl (C=O) groups is 3. The van der Waals surface area contributed by atoms with Crippen molar-refractivity contribution in [1.82, 2.24) is 15.1 Å². The fourth-order valence-electron chi connectivity index (χ4n) is 3.05. The van der Waals surface area contributed by atoms with Gasteiger partial charge < -0.3 is 14.4 Å². The van der Waals surface area contributed by atoms with Crippen LogP contribution >= 0.6 is 0 Å². The van der Waals surface area contributed by atoms with Crippen LogP contribution < -0.4 is 10.1 Å². The number of rotatable bonds is 6. The van der Waals surface area contributed by atoms with Crippen molar-refractivity contribution in [2.75, 3.05) is 26.1 Å². The van der Waals surface area contributed by atoms with E-state index in [4.69, 9.17) is 30.8 Å². The maximum absolute atomic E-state index is 16.3. The summed E-state index contributed by atoms with van der Waals surface area (Å²) >= 11 is 0. The normalized spacial score (nSPS) is 42.6. The molecule has 3 heterocycles. The molecule has 3 aliphatic rings. The second kappa shape index (κ2) is 9.52. The second-order valence-electron chi connectivity index (χ2n) is 6.66. The fourth-order valence-corrected chi connectivity index (χ4v) is 3.05. The predicted molar refractivity (Wildman–Crippen MR) is 119 cm³/mol. The maximum Gasteiger partial charge on any atom is 0.255 e. The van der Waals surface area contributed by atoms with Crippen LogP contribution in [0.3, 0.4) is 0 Å². The summed E-state index contributed by atoms with van der Waals surface area (Å²) in [5.41, 5.74) is -4.32. The van der Waals surface area contributed by atoms with E-state index in [0.29, 0.717) is 12.1 Å². The third-order valence-corrected chi connectivity index (χ3v) is 4.56. The molecular formula is C25H26FN3O5. The number of hydrogen-bond donors (Lipinski definition) is 1. The van der Waals surface area contributed by atoms with Crippen LogP contribution in [-0.2, 0) is 33.9 Å². The molecule has 2 aromatic rings. The number of morpholine rings is 1. The van der Waals surface area contributed by atoms with E-state index >= 15 is 4.39 Å². The monoisotopic (exact) mass is 486 g/mol. The lowest BCUT2D eigenvalue weighted by atomic mass is 10.0. The molecule has 5 rings (SSSR count). The molecule has 3 amide bonds. The highest BCUT2D eigenvalue weighted by Crippen LogP contribution is 2.34. The van der Waals surface area contributed by atoms with Crippen LogP contribution in [0.25, 0.3) is 0 Å². The van der Waals surface area contributed by atoms with Gasteiger partial charge in [-0.15, -0.1) is 0 Å². The number of ether oxygens (including phenoxy) is 2. The number of imide groups is 1. The maximum atomic E-state index is 16.3. The number of hydrogen-bond acceptors (Lipinski definition) is 6. The molecule has 1 unspecified atom stereocenters. The SMILES string of the molecule is [2H]C([2H])(Oc1cccc2c1C([2H])([2H])N(C1([2H])C(=O)NC(=O)C([2H])([2H])C1([2H])[2H])C2=O)c1cccc(C([2H])([2H])N2C([2H])([2H])C([2H])([2H])OC([2H])([2H])C2([2H])[2H])c1F. The Labute approximate surface area is 223 Å². The summed E-state index contributed by atoms with van der Waals surface area (Å²) in [5, 5.41) is 1.42. The molecule has 34 heavy (non-hydrogen) atoms. The molecule has 0 bridgehead atoms. The van der Waals surface area contributed by atoms with Crippen LogP contribution in [0.2, 0.25) is 0 Å². The van der Waals surface area contributed by atoms with Crippen LogP contribution in [0.4, 0.5) is 4.39 Å². The molecule has 3 aliphatic heterocycles. The summed E-state index contributed by atoms with van der Waals surface area (Å²) in [6.45, 7) is -26.1. The van der Waals surface area contributed by atoms with Crippen molar-refractivity contribution in [2.24, 2.45) is 0 Å². The highest BCUT2D eigenvalue weighted by atomic mass is 19.1. The van der Waals surface area contributed by atoms with Crippen LogP contribution in [0.15, 0.2) is 36.4 Å². The molecule has 0 spiro atoms. The third kappa shape index (κ3) is 4.41. The Morgan fingerprint density at radius 3 is 2.76 bits per heavy atom. The molecule has 1 N–H and O–H groups in total. The minimum Gasteiger partial charge on any atom is -0.488 e. The Kier molecular flexibility index (Phi) is 2.63. The molecule has 0 aromatic heterocycles. The summed E-state index contributed by atoms with van der Waals surface area (Å²) in [6.07, 6.45) is -7.59. The number of nitrogens with zero attached hydrogens (tertiary/aromatic N) is 2. The highest BCUT2D eigenvalue weighted by Gasteiger charge is 2.40. The minimum atomic E-state index is -3.91. The molecule has 1 atom stereocenters. The van der Waals surface area contributed by atoms with E-state index in [1.165, 1.54) is 5.32 Å². The first-order chi connectivity index (χ1) is 23.6. The first kappa shape index (κ1) is 9.39. The van der Waals surface area contributed by atoms with Gasteiger partial charge in [0.1, 0.15) is 24.1 Å². The zero-order chi connectivity index (χ0) is 40.7. The Hall–Kier alpha value is -3.30. The highest BCUT2D eigenvalue weighted by molar-refractivity contribution is 6.05. The Bertz CT molecular complexity index is 1920. The number of carbonyl (C=O) groups excluding carboxylic acids is 3. The lowest BCUT2D eigenvalue weighted by Gasteiger charge is -2.29. The lowest BCUT2D eigenvalue weighted by molar-refractivity contribution is -0.136. The zero-order valence-corrected chi connectivity index (χ0v) is 16.8. The van der Waals surface area contributed by atoms with E-state index in [9.17, 15) is 14.4 Å². The molecule has 0 saturated carbocycles. The topological polar surface area (TPSA) is 88.2 Å². The molecular weight excluding hydrogens is 441 g/mol. The standard InChI is InChI=1S/C25H26FN3O5/c26-23-16(13-28-9-11-33-12-10-28)3-1-4-17(23)15-34-21-6-2-5-18-19(21)14-29(25(18)32)20-7-8-22(30)27-24(20)31/h1-6,20H,7-15H2,(H,27,30,31)/i7D2,8D2,9D2,10D2,11D2,12D2,13D2,14D2,15D2,20D. The van der Waals surface area contributed by atoms with Gasteiger partial charge in [0.15, 0.2) is 0 Å². The number of halogens is 1. The van der Waals surface area contributed by atoms with Crippen molar-refractivity contribution < 1.29 is 54.3 Å². The first-order valence-electron chi connectivity index (χ1n) is 18.9. The quantitative estimate of drug-likeness (QED) is 0.629. The number of nitrogens with one attached hydrogen (secondary N) is 1. The zero-order valence-electron chi connectivity index (χ0n) is 35.8. The summed E-state index contributed by atoms with van der Waals surface area (Å²) in [7, 11) is 0. The average molecular weight is 487 g/mol. The summed E-state index contributed by atoms with van der Waals surface area (Å²) in [4.78, 5) is 37.9. The van der Waals surface area contributed by atoms with E-state index in [0.717, 1.165) is 24.3 Å². The smallest absolute Gasteiger partial charge is 0.255 e. The molecule has 0 aliphatic carbocycles. The van der Waals surface area contributed by atoms with Crippen LogP contribution in [-0.4, -0.2) is 59.7 Å².